The number of hydrogen-bond acceptors (Lipinski definition) is 4. The Bertz CT molecular complexity index is 1690. The molecule has 3 atom stereocenters. The molecule has 2 bridgehead atoms. The van der Waals surface area contributed by atoms with E-state index in [9.17, 15) is 14.4 Å². The first-order valence-corrected chi connectivity index (χ1v) is 15.3. The molecule has 43 heavy (non-hydrogen) atoms. The molecule has 216 valence electrons. The van der Waals surface area contributed by atoms with E-state index in [2.05, 4.69) is 0 Å². The third-order valence-corrected chi connectivity index (χ3v) is 10.9. The van der Waals surface area contributed by atoms with Crippen molar-refractivity contribution >= 4 is 64.2 Å². The molecule has 0 unspecified atom stereocenters. The monoisotopic (exact) mass is 649 g/mol. The zero-order valence-electron chi connectivity index (χ0n) is 22.5. The van der Waals surface area contributed by atoms with Crippen LogP contribution in [0.15, 0.2) is 97.1 Å². The summed E-state index contributed by atoms with van der Waals surface area (Å²) >= 11 is 27.3. The van der Waals surface area contributed by atoms with Gasteiger partial charge in [-0.2, -0.15) is 0 Å². The van der Waals surface area contributed by atoms with Crippen LogP contribution < -0.4 is 0 Å². The first kappa shape index (κ1) is 28.4. The van der Waals surface area contributed by atoms with Gasteiger partial charge in [0.05, 0.1) is 21.9 Å². The molecule has 1 saturated heterocycles. The molecular formula is C34H23Cl4NO4. The van der Waals surface area contributed by atoms with Crippen LogP contribution in [0.3, 0.4) is 0 Å². The van der Waals surface area contributed by atoms with Crippen LogP contribution in [0.5, 0.6) is 0 Å². The first-order chi connectivity index (χ1) is 20.7. The summed E-state index contributed by atoms with van der Waals surface area (Å²) in [6, 6.07) is 27.7. The Labute approximate surface area is 268 Å². The van der Waals surface area contributed by atoms with Crippen molar-refractivity contribution in [3.05, 3.63) is 140 Å². The van der Waals surface area contributed by atoms with Crippen molar-refractivity contribution in [3.8, 4) is 0 Å². The van der Waals surface area contributed by atoms with Crippen molar-refractivity contribution in [1.82, 2.24) is 4.90 Å². The number of likely N-dealkylation sites (tertiary alicyclic amines) is 1. The fraction of sp³-hybridized carbons (Fsp3) is 0.206. The Morgan fingerprint density at radius 2 is 1.19 bits per heavy atom. The molecule has 1 aliphatic heterocycles. The van der Waals surface area contributed by atoms with Gasteiger partial charge >= 0.3 is 5.97 Å². The molecule has 1 fully saturated rings. The van der Waals surface area contributed by atoms with Crippen molar-refractivity contribution in [2.24, 2.45) is 11.8 Å². The second kappa shape index (κ2) is 10.4. The van der Waals surface area contributed by atoms with E-state index in [1.807, 2.05) is 78.9 Å². The third-order valence-electron chi connectivity index (χ3n) is 8.84. The van der Waals surface area contributed by atoms with E-state index in [1.54, 1.807) is 18.2 Å². The fourth-order valence-electron chi connectivity index (χ4n) is 6.99. The van der Waals surface area contributed by atoms with Crippen LogP contribution in [-0.2, 0) is 41.9 Å². The average Bonchev–Trinajstić information content (AvgIpc) is 3.30. The number of hydrogen-bond donors (Lipinski definition) is 0. The zero-order chi connectivity index (χ0) is 30.1. The molecule has 4 aromatic rings. The smallest absolute Gasteiger partial charge is 0.330 e. The van der Waals surface area contributed by atoms with Crippen molar-refractivity contribution in [1.29, 1.82) is 0 Å². The molecule has 9 heteroatoms. The van der Waals surface area contributed by atoms with Crippen LogP contribution in [0.1, 0.15) is 33.4 Å². The molecule has 2 amide bonds. The van der Waals surface area contributed by atoms with Gasteiger partial charge in [-0.3, -0.25) is 14.5 Å². The maximum absolute atomic E-state index is 14.5. The van der Waals surface area contributed by atoms with E-state index in [4.69, 9.17) is 51.1 Å². The van der Waals surface area contributed by atoms with Gasteiger partial charge in [0, 0.05) is 6.42 Å². The molecule has 4 aliphatic rings. The summed E-state index contributed by atoms with van der Waals surface area (Å²) in [6.45, 7) is -0.125. The van der Waals surface area contributed by atoms with Crippen molar-refractivity contribution < 1.29 is 19.1 Å². The predicted molar refractivity (Wildman–Crippen MR) is 165 cm³/mol. The summed E-state index contributed by atoms with van der Waals surface area (Å²) in [5.74, 6) is -3.88. The summed E-state index contributed by atoms with van der Waals surface area (Å²) in [5.41, 5.74) is 4.13. The van der Waals surface area contributed by atoms with Gasteiger partial charge in [0.2, 0.25) is 11.8 Å². The second-order valence-electron chi connectivity index (χ2n) is 11.1. The van der Waals surface area contributed by atoms with Crippen LogP contribution in [0, 0.1) is 11.8 Å². The Morgan fingerprint density at radius 3 is 1.67 bits per heavy atom. The average molecular weight is 651 g/mol. The summed E-state index contributed by atoms with van der Waals surface area (Å²) in [5, 5.41) is 0.690. The Balaban J connectivity index is 1.31. The predicted octanol–water partition coefficient (Wildman–Crippen LogP) is 7.24. The Morgan fingerprint density at radius 1 is 0.698 bits per heavy atom. The lowest BCUT2D eigenvalue weighted by Gasteiger charge is -2.54. The molecule has 0 radical (unpaired) electrons. The van der Waals surface area contributed by atoms with Gasteiger partial charge in [-0.25, -0.2) is 4.79 Å². The molecular weight excluding hydrogens is 628 g/mol. The maximum Gasteiger partial charge on any atom is 0.330 e. The minimum atomic E-state index is -1.35. The number of benzene rings is 4. The van der Waals surface area contributed by atoms with E-state index >= 15 is 0 Å². The van der Waals surface area contributed by atoms with Gasteiger partial charge in [-0.15, -0.1) is 23.2 Å². The largest absolute Gasteiger partial charge is 0.459 e. The lowest BCUT2D eigenvalue weighted by atomic mass is 9.54. The number of esters is 1. The highest BCUT2D eigenvalue weighted by molar-refractivity contribution is 6.42. The van der Waals surface area contributed by atoms with Gasteiger partial charge < -0.3 is 4.74 Å². The summed E-state index contributed by atoms with van der Waals surface area (Å²) in [4.78, 5) is 41.2. The number of alkyl halides is 2. The highest BCUT2D eigenvalue weighted by Crippen LogP contribution is 2.69. The van der Waals surface area contributed by atoms with Crippen molar-refractivity contribution in [3.63, 3.8) is 0 Å². The van der Waals surface area contributed by atoms with Crippen molar-refractivity contribution in [2.75, 3.05) is 0 Å². The Kier molecular flexibility index (Phi) is 6.86. The highest BCUT2D eigenvalue weighted by atomic mass is 35.5. The van der Waals surface area contributed by atoms with Gasteiger partial charge in [-0.1, -0.05) is 108 Å². The van der Waals surface area contributed by atoms with E-state index < -0.39 is 45.4 Å². The number of amides is 2. The minimum absolute atomic E-state index is 0.0580. The van der Waals surface area contributed by atoms with Crippen LogP contribution in [-0.4, -0.2) is 28.7 Å². The van der Waals surface area contributed by atoms with Crippen LogP contribution in [0.2, 0.25) is 10.0 Å². The van der Waals surface area contributed by atoms with Crippen LogP contribution in [0.4, 0.5) is 0 Å². The van der Waals surface area contributed by atoms with Crippen molar-refractivity contribution in [2.45, 2.75) is 28.8 Å². The quantitative estimate of drug-likeness (QED) is 0.125. The number of halogens is 4. The molecule has 3 aliphatic carbocycles. The number of imide groups is 1. The molecule has 0 aromatic heterocycles. The van der Waals surface area contributed by atoms with E-state index in [1.165, 1.54) is 0 Å². The molecule has 0 spiro atoms. The third kappa shape index (κ3) is 4.09. The normalized spacial score (nSPS) is 25.6. The summed E-state index contributed by atoms with van der Waals surface area (Å²) in [6.07, 6.45) is 0.0580. The van der Waals surface area contributed by atoms with Gasteiger partial charge in [-0.05, 0) is 45.5 Å². The standard InChI is InChI=1S/C34H23Cl4NO4/c35-25-15-14-20(16-26(25)36)18-43-32(42)27(17-19-8-2-1-3-9-19)39-30(40)28-29(31(39)41)34(38)22-11-5-4-10-21(22)33(28,37)23-12-6-7-13-24(23)34/h1-16,27-29H,17-18H2/t27-,28-,29-,33?,34?/m0/s1. The topological polar surface area (TPSA) is 63.7 Å². The number of ether oxygens (including phenoxy) is 1. The molecule has 1 heterocycles. The number of carbonyl (C=O) groups excluding carboxylic acids is 3. The number of nitrogens with zero attached hydrogens (tertiary/aromatic N) is 1. The van der Waals surface area contributed by atoms with Crippen LogP contribution >= 0.6 is 46.4 Å². The number of carbonyl (C=O) groups is 3. The van der Waals surface area contributed by atoms with Gasteiger partial charge in [0.25, 0.3) is 0 Å². The summed E-state index contributed by atoms with van der Waals surface area (Å²) in [7, 11) is 0. The fourth-order valence-corrected chi connectivity index (χ4v) is 8.41. The lowest BCUT2D eigenvalue weighted by molar-refractivity contribution is -0.159. The lowest BCUT2D eigenvalue weighted by Crippen LogP contribution is -2.57. The maximum atomic E-state index is 14.5. The zero-order valence-corrected chi connectivity index (χ0v) is 25.5. The molecule has 0 N–H and O–H groups in total. The van der Waals surface area contributed by atoms with Gasteiger partial charge in [0.1, 0.15) is 22.4 Å². The Hall–Kier alpha value is -3.35. The molecule has 5 nitrogen and oxygen atoms in total. The highest BCUT2D eigenvalue weighted by Gasteiger charge is 2.73. The summed E-state index contributed by atoms with van der Waals surface area (Å²) < 4.78 is 5.71. The first-order valence-electron chi connectivity index (χ1n) is 13.8. The number of rotatable bonds is 6. The van der Waals surface area contributed by atoms with E-state index in [-0.39, 0.29) is 13.0 Å². The minimum Gasteiger partial charge on any atom is -0.459 e. The van der Waals surface area contributed by atoms with E-state index in [0.29, 0.717) is 37.9 Å². The molecule has 4 aromatic carbocycles. The van der Waals surface area contributed by atoms with Gasteiger partial charge in [0.15, 0.2) is 0 Å². The van der Waals surface area contributed by atoms with E-state index in [0.717, 1.165) is 10.5 Å². The molecule has 8 rings (SSSR count). The molecule has 0 saturated carbocycles. The second-order valence-corrected chi connectivity index (χ2v) is 13.1. The van der Waals surface area contributed by atoms with Crippen LogP contribution in [0.25, 0.3) is 0 Å². The SMILES string of the molecule is O=C(OCc1ccc(Cl)c(Cl)c1)[C@H](Cc1ccccc1)N1C(=O)[C@@H]2[C@@H](C1=O)C1(Cl)c3ccccc3C2(Cl)c2ccccc21.